The molecule has 7 rings (SSSR count). The summed E-state index contributed by atoms with van der Waals surface area (Å²) in [6.07, 6.45) is 3.12. The van der Waals surface area contributed by atoms with E-state index in [0.717, 1.165) is 34.7 Å². The van der Waals surface area contributed by atoms with Gasteiger partial charge in [-0.15, -0.1) is 11.8 Å². The molecule has 3 aromatic heterocycles. The van der Waals surface area contributed by atoms with E-state index in [4.69, 9.17) is 0 Å². The summed E-state index contributed by atoms with van der Waals surface area (Å²) >= 11 is 2.91. The summed E-state index contributed by atoms with van der Waals surface area (Å²) in [6.45, 7) is 1.68. The van der Waals surface area contributed by atoms with E-state index in [2.05, 4.69) is 47.5 Å². The molecular weight excluding hydrogens is 800 g/mol. The summed E-state index contributed by atoms with van der Waals surface area (Å²) in [5.74, 6) is -0.308. The van der Waals surface area contributed by atoms with Gasteiger partial charge in [0.05, 0.1) is 21.6 Å². The molecule has 1 aliphatic heterocycles. The highest BCUT2D eigenvalue weighted by molar-refractivity contribution is 7.99. The Morgan fingerprint density at radius 2 is 1.81 bits per heavy atom. The lowest BCUT2D eigenvalue weighted by Crippen LogP contribution is -2.34. The van der Waals surface area contributed by atoms with Crippen LogP contribution in [0.4, 0.5) is 21.0 Å². The topological polar surface area (TPSA) is 170 Å². The third kappa shape index (κ3) is 9.79. The molecule has 13 nitrogen and oxygen atoms in total. The van der Waals surface area contributed by atoms with Crippen LogP contribution in [-0.4, -0.2) is 78.2 Å². The molecule has 58 heavy (non-hydrogen) atoms. The molecule has 0 bridgehead atoms. The van der Waals surface area contributed by atoms with Gasteiger partial charge in [0.15, 0.2) is 5.13 Å². The molecule has 1 aliphatic rings. The molecule has 2 amide bonds. The van der Waals surface area contributed by atoms with Gasteiger partial charge in [-0.05, 0) is 112 Å². The number of rotatable bonds is 15. The van der Waals surface area contributed by atoms with Crippen molar-refractivity contribution in [3.63, 3.8) is 0 Å². The summed E-state index contributed by atoms with van der Waals surface area (Å²) in [5.41, 5.74) is 5.39. The zero-order valence-electron chi connectivity index (χ0n) is 31.7. The zero-order valence-corrected chi connectivity index (χ0v) is 34.1. The second-order valence-corrected chi connectivity index (χ2v) is 17.9. The number of thioether (sulfide) groups is 1. The summed E-state index contributed by atoms with van der Waals surface area (Å²) in [6, 6.07) is 25.8. The molecule has 0 radical (unpaired) electrons. The fourth-order valence-electron chi connectivity index (χ4n) is 6.63. The minimum Gasteiger partial charge on any atom is -0.352 e. The Kier molecular flexibility index (Phi) is 12.6. The van der Waals surface area contributed by atoms with E-state index in [-0.39, 0.29) is 33.9 Å². The van der Waals surface area contributed by atoms with E-state index in [0.29, 0.717) is 58.4 Å². The molecule has 300 valence electrons. The predicted molar refractivity (Wildman–Crippen MR) is 225 cm³/mol. The highest BCUT2D eigenvalue weighted by atomic mass is 32.2. The van der Waals surface area contributed by atoms with Crippen LogP contribution < -0.4 is 20.4 Å². The lowest BCUT2D eigenvalue weighted by Gasteiger charge is -2.31. The van der Waals surface area contributed by atoms with Gasteiger partial charge in [-0.1, -0.05) is 47.7 Å². The lowest BCUT2D eigenvalue weighted by molar-refractivity contribution is 0.0975. The van der Waals surface area contributed by atoms with Gasteiger partial charge >= 0.3 is 0 Å². The van der Waals surface area contributed by atoms with Crippen LogP contribution in [0.1, 0.15) is 44.1 Å². The van der Waals surface area contributed by atoms with Gasteiger partial charge in [-0.2, -0.15) is 0 Å². The van der Waals surface area contributed by atoms with Gasteiger partial charge in [-0.25, -0.2) is 27.5 Å². The molecular formula is C41H41FN8O5S3. The van der Waals surface area contributed by atoms with Crippen molar-refractivity contribution in [3.05, 3.63) is 131 Å². The molecule has 0 fully saturated rings. The number of fused-ring (bicyclic) bond motifs is 2. The Morgan fingerprint density at radius 1 is 1.00 bits per heavy atom. The first-order valence-corrected chi connectivity index (χ1v) is 21.7. The molecule has 4 N–H and O–H groups in total. The van der Waals surface area contributed by atoms with Gasteiger partial charge in [0, 0.05) is 35.5 Å². The number of anilines is 3. The smallest absolute Gasteiger partial charge is 0.283 e. The van der Waals surface area contributed by atoms with Gasteiger partial charge in [0.1, 0.15) is 22.2 Å². The first-order chi connectivity index (χ1) is 27.9. The quantitative estimate of drug-likeness (QED) is 0.0627. The van der Waals surface area contributed by atoms with E-state index < -0.39 is 15.9 Å². The van der Waals surface area contributed by atoms with Crippen LogP contribution in [0.5, 0.6) is 0 Å². The Labute approximate surface area is 343 Å². The number of carbonyl (C=O) groups excluding carboxylic acids is 2. The highest BCUT2D eigenvalue weighted by Gasteiger charge is 2.26. The Hall–Kier alpha value is -5.46. The second kappa shape index (κ2) is 18.0. The second-order valence-electron chi connectivity index (χ2n) is 14.1. The van der Waals surface area contributed by atoms with E-state index >= 15 is 0 Å². The highest BCUT2D eigenvalue weighted by Crippen LogP contribution is 2.31. The van der Waals surface area contributed by atoms with Crippen molar-refractivity contribution < 1.29 is 27.6 Å². The minimum absolute atomic E-state index is 0.129. The van der Waals surface area contributed by atoms with Crippen LogP contribution in [0.2, 0.25) is 0 Å². The van der Waals surface area contributed by atoms with Crippen molar-refractivity contribution in [1.29, 1.82) is 0 Å². The molecule has 4 heterocycles. The Bertz CT molecular complexity index is 2560. The standard InChI is InChI=1S/C41H41FN8O5S3/c1-49(2)18-16-26(25-56-29-9-4-3-5-10-29)20-35-36(47-53)22-30(23-43-35)58(54,55)48-40(52)34-12-7-13-38(44-34)50-19-17-27-8-6-11-31(32(27)24-50)39(51)46-41-45-33-15-14-28(42)21-37(33)57-41/h3-15,21-23,26,47,53H,16-20,24-25H2,1-2H3,(H,48,52)(H,45,46,51)/t26-/m0/s1. The number of nitrogens with one attached hydrogen (secondary N) is 3. The molecule has 0 unspecified atom stereocenters. The first kappa shape index (κ1) is 40.7. The third-order valence-electron chi connectivity index (χ3n) is 9.68. The molecule has 3 aromatic carbocycles. The number of benzene rings is 3. The van der Waals surface area contributed by atoms with E-state index in [1.54, 1.807) is 36.0 Å². The maximum absolute atomic E-state index is 13.7. The monoisotopic (exact) mass is 840 g/mol. The van der Waals surface area contributed by atoms with Crippen LogP contribution >= 0.6 is 23.1 Å². The average Bonchev–Trinajstić information content (AvgIpc) is 3.62. The molecule has 1 atom stereocenters. The van der Waals surface area contributed by atoms with E-state index in [9.17, 15) is 27.6 Å². The van der Waals surface area contributed by atoms with Crippen molar-refractivity contribution in [2.45, 2.75) is 35.6 Å². The molecule has 0 saturated carbocycles. The van der Waals surface area contributed by atoms with Gasteiger partial charge < -0.3 is 9.80 Å². The number of hydrogen-bond acceptors (Lipinski definition) is 13. The van der Waals surface area contributed by atoms with Crippen LogP contribution in [0.3, 0.4) is 0 Å². The molecule has 17 heteroatoms. The number of nitrogens with zero attached hydrogens (tertiary/aromatic N) is 5. The fraction of sp³-hybridized carbons (Fsp3) is 0.244. The van der Waals surface area contributed by atoms with Gasteiger partial charge in [0.25, 0.3) is 21.8 Å². The minimum atomic E-state index is -4.43. The maximum Gasteiger partial charge on any atom is 0.283 e. The third-order valence-corrected chi connectivity index (χ3v) is 13.2. The molecule has 0 spiro atoms. The fourth-order valence-corrected chi connectivity index (χ4v) is 9.51. The Morgan fingerprint density at radius 3 is 2.60 bits per heavy atom. The Balaban J connectivity index is 1.03. The molecule has 6 aromatic rings. The summed E-state index contributed by atoms with van der Waals surface area (Å²) in [5, 5.41) is 13.2. The number of carbonyl (C=O) groups is 2. The van der Waals surface area contributed by atoms with Crippen molar-refractivity contribution in [3.8, 4) is 0 Å². The molecule has 0 aliphatic carbocycles. The first-order valence-electron chi connectivity index (χ1n) is 18.4. The lowest BCUT2D eigenvalue weighted by atomic mass is 9.94. The normalized spacial score (nSPS) is 13.3. The zero-order chi connectivity index (χ0) is 40.8. The van der Waals surface area contributed by atoms with E-state index in [1.165, 1.54) is 41.8 Å². The molecule has 0 saturated heterocycles. The largest absolute Gasteiger partial charge is 0.352 e. The van der Waals surface area contributed by atoms with Crippen molar-refractivity contribution >= 4 is 71.8 Å². The number of aromatic nitrogens is 3. The van der Waals surface area contributed by atoms with Crippen LogP contribution in [0.15, 0.2) is 107 Å². The number of pyridine rings is 2. The number of halogens is 1. The maximum atomic E-state index is 13.7. The average molecular weight is 841 g/mol. The SMILES string of the molecule is CN(C)CC[C@H](CSc1ccccc1)Cc1ncc(S(=O)(=O)NC(=O)c2cccc(N3CCc4cccc(C(=O)Nc5nc6ccc(F)cc6s5)c4C3)n2)cc1NO. The van der Waals surface area contributed by atoms with E-state index in [1.807, 2.05) is 49.3 Å². The number of amides is 2. The van der Waals surface area contributed by atoms with Crippen molar-refractivity contribution in [1.82, 2.24) is 24.6 Å². The summed E-state index contributed by atoms with van der Waals surface area (Å²) in [7, 11) is -0.420. The number of hydrogen-bond donors (Lipinski definition) is 4. The summed E-state index contributed by atoms with van der Waals surface area (Å²) < 4.78 is 43.4. The number of thiazole rings is 1. The van der Waals surface area contributed by atoms with Gasteiger partial charge in [0.2, 0.25) is 0 Å². The van der Waals surface area contributed by atoms with Crippen LogP contribution in [0, 0.1) is 11.7 Å². The van der Waals surface area contributed by atoms with Crippen molar-refractivity contribution in [2.75, 3.05) is 48.6 Å². The number of sulfonamides is 1. The predicted octanol–water partition coefficient (Wildman–Crippen LogP) is 6.86. The van der Waals surface area contributed by atoms with Crippen LogP contribution in [-0.2, 0) is 29.4 Å². The van der Waals surface area contributed by atoms with Crippen LogP contribution in [0.25, 0.3) is 10.2 Å². The summed E-state index contributed by atoms with van der Waals surface area (Å²) in [4.78, 5) is 45.1. The van der Waals surface area contributed by atoms with Crippen molar-refractivity contribution in [2.24, 2.45) is 5.92 Å². The van der Waals surface area contributed by atoms with Gasteiger partial charge in [-0.3, -0.25) is 30.6 Å².